The van der Waals surface area contributed by atoms with Gasteiger partial charge in [0.05, 0.1) is 23.5 Å². The van der Waals surface area contributed by atoms with Crippen molar-refractivity contribution in [2.24, 2.45) is 0 Å². The zero-order valence-corrected chi connectivity index (χ0v) is 20.2. The Bertz CT molecular complexity index is 1260. The first-order valence-electron chi connectivity index (χ1n) is 11.3. The number of rotatable bonds is 10. The predicted molar refractivity (Wildman–Crippen MR) is 135 cm³/mol. The fourth-order valence-corrected chi connectivity index (χ4v) is 4.49. The number of tetrazole rings is 1. The van der Waals surface area contributed by atoms with Crippen molar-refractivity contribution in [1.29, 1.82) is 0 Å². The lowest BCUT2D eigenvalue weighted by Crippen LogP contribution is -2.39. The Morgan fingerprint density at radius 2 is 1.63 bits per heavy atom. The van der Waals surface area contributed by atoms with Crippen LogP contribution in [0.4, 0.5) is 0 Å². The van der Waals surface area contributed by atoms with Crippen molar-refractivity contribution in [3.8, 4) is 5.69 Å². The summed E-state index contributed by atoms with van der Waals surface area (Å²) in [6.07, 6.45) is 0. The van der Waals surface area contributed by atoms with E-state index in [0.717, 1.165) is 16.1 Å². The van der Waals surface area contributed by atoms with Crippen molar-refractivity contribution < 1.29 is 9.59 Å². The van der Waals surface area contributed by atoms with Gasteiger partial charge < -0.3 is 10.2 Å². The second-order valence-electron chi connectivity index (χ2n) is 7.70. The molecule has 0 atom stereocenters. The van der Waals surface area contributed by atoms with Crippen LogP contribution in [0, 0.1) is 0 Å². The highest BCUT2D eigenvalue weighted by Crippen LogP contribution is 2.26. The number of para-hydroxylation sites is 1. The molecule has 178 valence electrons. The van der Waals surface area contributed by atoms with Gasteiger partial charge in [-0.3, -0.25) is 9.59 Å². The first-order valence-corrected chi connectivity index (χ1v) is 12.3. The Kier molecular flexibility index (Phi) is 8.24. The van der Waals surface area contributed by atoms with Crippen LogP contribution < -0.4 is 5.32 Å². The molecule has 4 aromatic rings. The Morgan fingerprint density at radius 3 is 2.37 bits per heavy atom. The molecule has 3 aromatic carbocycles. The summed E-state index contributed by atoms with van der Waals surface area (Å²) in [6, 6.07) is 26.8. The highest BCUT2D eigenvalue weighted by Gasteiger charge is 2.17. The Hall–Kier alpha value is -3.98. The van der Waals surface area contributed by atoms with Crippen LogP contribution in [-0.2, 0) is 17.1 Å². The van der Waals surface area contributed by atoms with E-state index in [0.29, 0.717) is 30.2 Å². The normalized spacial score (nSPS) is 10.7. The number of hydrogen-bond donors (Lipinski definition) is 1. The number of hydrogen-bond acceptors (Lipinski definition) is 6. The van der Waals surface area contributed by atoms with Gasteiger partial charge in [-0.25, -0.2) is 0 Å². The van der Waals surface area contributed by atoms with Crippen molar-refractivity contribution in [3.05, 3.63) is 102 Å². The Balaban J connectivity index is 1.38. The van der Waals surface area contributed by atoms with Crippen molar-refractivity contribution in [1.82, 2.24) is 30.4 Å². The summed E-state index contributed by atoms with van der Waals surface area (Å²) in [5.74, 6) is 0.731. The molecule has 0 aliphatic rings. The molecule has 8 nitrogen and oxygen atoms in total. The van der Waals surface area contributed by atoms with Gasteiger partial charge in [-0.2, -0.15) is 4.68 Å². The van der Waals surface area contributed by atoms with Gasteiger partial charge in [0.15, 0.2) is 5.82 Å². The van der Waals surface area contributed by atoms with Crippen LogP contribution in [0.25, 0.3) is 5.69 Å². The number of benzene rings is 3. The van der Waals surface area contributed by atoms with Crippen LogP contribution in [-0.4, -0.2) is 50.0 Å². The van der Waals surface area contributed by atoms with E-state index in [2.05, 4.69) is 20.8 Å². The maximum absolute atomic E-state index is 12.9. The number of thioether (sulfide) groups is 1. The van der Waals surface area contributed by atoms with Gasteiger partial charge in [0.25, 0.3) is 5.91 Å². The third-order valence-electron chi connectivity index (χ3n) is 5.37. The van der Waals surface area contributed by atoms with E-state index in [1.165, 1.54) is 11.8 Å². The zero-order chi connectivity index (χ0) is 24.5. The topological polar surface area (TPSA) is 93.0 Å². The summed E-state index contributed by atoms with van der Waals surface area (Å²) in [4.78, 5) is 28.2. The molecule has 0 radical (unpaired) electrons. The maximum atomic E-state index is 12.9. The molecule has 1 heterocycles. The monoisotopic (exact) mass is 486 g/mol. The SMILES string of the molecule is CCN(Cc1ccccc1)C(=O)CNC(=O)c1ccccc1SCc1nnnn1-c1ccccc1. The third kappa shape index (κ3) is 6.33. The Morgan fingerprint density at radius 1 is 0.943 bits per heavy atom. The summed E-state index contributed by atoms with van der Waals surface area (Å²) < 4.78 is 1.68. The van der Waals surface area contributed by atoms with E-state index in [-0.39, 0.29) is 18.4 Å². The Labute approximate surface area is 208 Å². The van der Waals surface area contributed by atoms with Gasteiger partial charge in [-0.1, -0.05) is 60.7 Å². The molecule has 0 saturated carbocycles. The molecular weight excluding hydrogens is 460 g/mol. The lowest BCUT2D eigenvalue weighted by Gasteiger charge is -2.21. The molecule has 0 saturated heterocycles. The molecule has 1 N–H and O–H groups in total. The lowest BCUT2D eigenvalue weighted by molar-refractivity contribution is -0.130. The number of carbonyl (C=O) groups is 2. The van der Waals surface area contributed by atoms with E-state index < -0.39 is 0 Å². The van der Waals surface area contributed by atoms with Crippen molar-refractivity contribution in [3.63, 3.8) is 0 Å². The van der Waals surface area contributed by atoms with Crippen LogP contribution in [0.5, 0.6) is 0 Å². The highest BCUT2D eigenvalue weighted by atomic mass is 32.2. The molecule has 0 fully saturated rings. The van der Waals surface area contributed by atoms with Crippen LogP contribution in [0.1, 0.15) is 28.7 Å². The van der Waals surface area contributed by atoms with Gasteiger partial charge in [0, 0.05) is 18.0 Å². The van der Waals surface area contributed by atoms with E-state index >= 15 is 0 Å². The quantitative estimate of drug-likeness (QED) is 0.343. The molecule has 0 spiro atoms. The first kappa shape index (κ1) is 24.2. The van der Waals surface area contributed by atoms with Crippen molar-refractivity contribution in [2.45, 2.75) is 24.1 Å². The second kappa shape index (κ2) is 11.9. The largest absolute Gasteiger partial charge is 0.343 e. The third-order valence-corrected chi connectivity index (χ3v) is 6.44. The van der Waals surface area contributed by atoms with Crippen molar-refractivity contribution in [2.75, 3.05) is 13.1 Å². The minimum atomic E-state index is -0.292. The average Bonchev–Trinajstić information content (AvgIpc) is 3.39. The van der Waals surface area contributed by atoms with Gasteiger partial charge in [-0.05, 0) is 47.2 Å². The van der Waals surface area contributed by atoms with Crippen molar-refractivity contribution >= 4 is 23.6 Å². The number of amides is 2. The van der Waals surface area contributed by atoms with E-state index in [1.807, 2.05) is 85.8 Å². The minimum absolute atomic E-state index is 0.0647. The lowest BCUT2D eigenvalue weighted by atomic mass is 10.2. The fraction of sp³-hybridized carbons (Fsp3) is 0.192. The molecule has 0 aliphatic heterocycles. The van der Waals surface area contributed by atoms with Crippen LogP contribution in [0.3, 0.4) is 0 Å². The molecule has 1 aromatic heterocycles. The van der Waals surface area contributed by atoms with Crippen LogP contribution in [0.2, 0.25) is 0 Å². The summed E-state index contributed by atoms with van der Waals surface area (Å²) in [5.41, 5.74) is 2.43. The van der Waals surface area contributed by atoms with Gasteiger partial charge in [0.2, 0.25) is 5.91 Å². The average molecular weight is 487 g/mol. The summed E-state index contributed by atoms with van der Waals surface area (Å²) in [5, 5.41) is 14.8. The molecule has 9 heteroatoms. The fourth-order valence-electron chi connectivity index (χ4n) is 3.53. The molecule has 0 aliphatic carbocycles. The van der Waals surface area contributed by atoms with E-state index in [4.69, 9.17) is 0 Å². The molecule has 35 heavy (non-hydrogen) atoms. The molecule has 0 bridgehead atoms. The number of aromatic nitrogens is 4. The van der Waals surface area contributed by atoms with Crippen LogP contribution >= 0.6 is 11.8 Å². The summed E-state index contributed by atoms with van der Waals surface area (Å²) in [6.45, 7) is 2.93. The molecule has 0 unspecified atom stereocenters. The molecule has 4 rings (SSSR count). The van der Waals surface area contributed by atoms with Crippen LogP contribution in [0.15, 0.2) is 89.8 Å². The van der Waals surface area contributed by atoms with Gasteiger partial charge >= 0.3 is 0 Å². The maximum Gasteiger partial charge on any atom is 0.252 e. The number of nitrogens with zero attached hydrogens (tertiary/aromatic N) is 5. The second-order valence-corrected chi connectivity index (χ2v) is 8.72. The molecular formula is C26H26N6O2S. The number of carbonyl (C=O) groups excluding carboxylic acids is 2. The number of nitrogens with one attached hydrogen (secondary N) is 1. The minimum Gasteiger partial charge on any atom is -0.343 e. The van der Waals surface area contributed by atoms with Gasteiger partial charge in [0.1, 0.15) is 0 Å². The zero-order valence-electron chi connectivity index (χ0n) is 19.4. The highest BCUT2D eigenvalue weighted by molar-refractivity contribution is 7.98. The predicted octanol–water partition coefficient (Wildman–Crippen LogP) is 3.73. The van der Waals surface area contributed by atoms with E-state index in [1.54, 1.807) is 15.6 Å². The molecule has 2 amide bonds. The van der Waals surface area contributed by atoms with E-state index in [9.17, 15) is 9.59 Å². The number of likely N-dealkylation sites (N-methyl/N-ethyl adjacent to an activating group) is 1. The standard InChI is InChI=1S/C26H26N6O2S/c1-2-31(18-20-11-5-3-6-12-20)25(33)17-27-26(34)22-15-9-10-16-23(22)35-19-24-28-29-30-32(24)21-13-7-4-8-14-21/h3-16H,2,17-19H2,1H3,(H,27,34). The summed E-state index contributed by atoms with van der Waals surface area (Å²) in [7, 11) is 0. The summed E-state index contributed by atoms with van der Waals surface area (Å²) >= 11 is 1.47. The first-order chi connectivity index (χ1) is 17.2. The smallest absolute Gasteiger partial charge is 0.252 e. The van der Waals surface area contributed by atoms with Gasteiger partial charge in [-0.15, -0.1) is 16.9 Å².